The number of rotatable bonds is 3. The fourth-order valence-corrected chi connectivity index (χ4v) is 2.24. The maximum absolute atomic E-state index is 12.2. The molecule has 1 amide bonds. The predicted molar refractivity (Wildman–Crippen MR) is 82.6 cm³/mol. The van der Waals surface area contributed by atoms with Crippen LogP contribution in [0, 0.1) is 6.92 Å². The van der Waals surface area contributed by atoms with Gasteiger partial charge in [-0.25, -0.2) is 4.79 Å². The molecule has 0 aromatic heterocycles. The molecule has 2 rings (SSSR count). The smallest absolute Gasteiger partial charge is 0.337 e. The highest BCUT2D eigenvalue weighted by molar-refractivity contribution is 6.34. The number of nitrogens with one attached hydrogen (secondary N) is 1. The van der Waals surface area contributed by atoms with E-state index in [0.717, 1.165) is 5.56 Å². The molecule has 0 bridgehead atoms. The molecule has 0 spiro atoms. The number of halogens is 2. The average molecular weight is 324 g/mol. The van der Waals surface area contributed by atoms with Crippen LogP contribution in [0.3, 0.4) is 0 Å². The summed E-state index contributed by atoms with van der Waals surface area (Å²) in [5.74, 6) is -1.46. The van der Waals surface area contributed by atoms with E-state index in [9.17, 15) is 9.59 Å². The van der Waals surface area contributed by atoms with Gasteiger partial charge in [0.25, 0.3) is 5.91 Å². The lowest BCUT2D eigenvalue weighted by atomic mass is 10.1. The summed E-state index contributed by atoms with van der Waals surface area (Å²) < 4.78 is 0. The third kappa shape index (κ3) is 3.54. The summed E-state index contributed by atoms with van der Waals surface area (Å²) in [5, 5.41) is 12.1. The van der Waals surface area contributed by atoms with Crippen molar-refractivity contribution in [2.45, 2.75) is 6.92 Å². The second kappa shape index (κ2) is 6.16. The van der Waals surface area contributed by atoms with E-state index in [2.05, 4.69) is 5.32 Å². The molecule has 0 fully saturated rings. The van der Waals surface area contributed by atoms with Crippen molar-refractivity contribution in [3.05, 3.63) is 63.1 Å². The number of benzene rings is 2. The molecule has 2 N–H and O–H groups in total. The molecule has 0 heterocycles. The summed E-state index contributed by atoms with van der Waals surface area (Å²) in [6, 6.07) is 9.23. The van der Waals surface area contributed by atoms with E-state index in [-0.39, 0.29) is 16.5 Å². The fourth-order valence-electron chi connectivity index (χ4n) is 1.80. The highest BCUT2D eigenvalue weighted by Gasteiger charge is 2.13. The van der Waals surface area contributed by atoms with E-state index >= 15 is 0 Å². The summed E-state index contributed by atoms with van der Waals surface area (Å²) in [4.78, 5) is 23.1. The third-order valence-electron chi connectivity index (χ3n) is 2.90. The molecule has 0 atom stereocenters. The first kappa shape index (κ1) is 15.4. The maximum atomic E-state index is 12.2. The summed E-state index contributed by atoms with van der Waals surface area (Å²) in [6.07, 6.45) is 0. The molecular formula is C15H11Cl2NO3. The predicted octanol–water partition coefficient (Wildman–Crippen LogP) is 4.25. The van der Waals surface area contributed by atoms with Crippen LogP contribution in [0.15, 0.2) is 36.4 Å². The van der Waals surface area contributed by atoms with Gasteiger partial charge in [0.15, 0.2) is 0 Å². The zero-order valence-electron chi connectivity index (χ0n) is 11.0. The second-order valence-electron chi connectivity index (χ2n) is 4.41. The van der Waals surface area contributed by atoms with Crippen LogP contribution in [0.2, 0.25) is 10.0 Å². The van der Waals surface area contributed by atoms with Crippen molar-refractivity contribution in [1.82, 2.24) is 0 Å². The summed E-state index contributed by atoms with van der Waals surface area (Å²) >= 11 is 11.7. The Bertz CT molecular complexity index is 729. The average Bonchev–Trinajstić information content (AvgIpc) is 2.41. The highest BCUT2D eigenvalue weighted by atomic mass is 35.5. The number of carbonyl (C=O) groups excluding carboxylic acids is 1. The van der Waals surface area contributed by atoms with Gasteiger partial charge in [0.05, 0.1) is 10.6 Å². The lowest BCUT2D eigenvalue weighted by molar-refractivity contribution is 0.0697. The van der Waals surface area contributed by atoms with Gasteiger partial charge in [0.1, 0.15) is 0 Å². The number of aryl methyl sites for hydroxylation is 1. The summed E-state index contributed by atoms with van der Waals surface area (Å²) in [5.41, 5.74) is 1.62. The van der Waals surface area contributed by atoms with Gasteiger partial charge in [-0.05, 0) is 42.8 Å². The maximum Gasteiger partial charge on any atom is 0.337 e. The van der Waals surface area contributed by atoms with Crippen molar-refractivity contribution in [1.29, 1.82) is 0 Å². The van der Waals surface area contributed by atoms with E-state index in [1.54, 1.807) is 25.1 Å². The lowest BCUT2D eigenvalue weighted by Crippen LogP contribution is -2.13. The number of anilines is 1. The van der Waals surface area contributed by atoms with Crippen LogP contribution in [-0.4, -0.2) is 17.0 Å². The molecule has 0 saturated carbocycles. The van der Waals surface area contributed by atoms with Gasteiger partial charge in [-0.1, -0.05) is 29.3 Å². The molecule has 6 heteroatoms. The first-order valence-corrected chi connectivity index (χ1v) is 6.74. The van der Waals surface area contributed by atoms with E-state index < -0.39 is 5.97 Å². The molecule has 0 aliphatic heterocycles. The van der Waals surface area contributed by atoms with Crippen molar-refractivity contribution in [3.63, 3.8) is 0 Å². The number of carboxylic acid groups (broad SMARTS) is 1. The van der Waals surface area contributed by atoms with Crippen LogP contribution in [0.25, 0.3) is 0 Å². The van der Waals surface area contributed by atoms with Crippen LogP contribution < -0.4 is 5.32 Å². The molecule has 2 aromatic rings. The van der Waals surface area contributed by atoms with Crippen molar-refractivity contribution >= 4 is 40.8 Å². The van der Waals surface area contributed by atoms with E-state index in [1.165, 1.54) is 18.2 Å². The summed E-state index contributed by atoms with van der Waals surface area (Å²) in [7, 11) is 0. The van der Waals surface area contributed by atoms with Crippen LogP contribution in [-0.2, 0) is 0 Å². The molecular weight excluding hydrogens is 313 g/mol. The molecule has 108 valence electrons. The van der Waals surface area contributed by atoms with Gasteiger partial charge in [-0.15, -0.1) is 0 Å². The second-order valence-corrected chi connectivity index (χ2v) is 5.26. The molecule has 21 heavy (non-hydrogen) atoms. The molecule has 0 unspecified atom stereocenters. The minimum absolute atomic E-state index is 0.0198. The van der Waals surface area contributed by atoms with Crippen LogP contribution in [0.5, 0.6) is 0 Å². The van der Waals surface area contributed by atoms with Crippen molar-refractivity contribution < 1.29 is 14.7 Å². The van der Waals surface area contributed by atoms with Crippen molar-refractivity contribution in [2.24, 2.45) is 0 Å². The minimum Gasteiger partial charge on any atom is -0.478 e. The number of aromatic carboxylic acids is 1. The van der Waals surface area contributed by atoms with Crippen LogP contribution >= 0.6 is 23.2 Å². The molecule has 2 aromatic carbocycles. The Morgan fingerprint density at radius 3 is 2.38 bits per heavy atom. The van der Waals surface area contributed by atoms with Gasteiger partial charge in [-0.2, -0.15) is 0 Å². The number of amides is 1. The zero-order chi connectivity index (χ0) is 15.6. The van der Waals surface area contributed by atoms with Gasteiger partial charge < -0.3 is 10.4 Å². The van der Waals surface area contributed by atoms with E-state index in [4.69, 9.17) is 28.3 Å². The van der Waals surface area contributed by atoms with Crippen molar-refractivity contribution in [3.8, 4) is 0 Å². The van der Waals surface area contributed by atoms with E-state index in [0.29, 0.717) is 16.3 Å². The minimum atomic E-state index is -1.12. The van der Waals surface area contributed by atoms with Crippen LogP contribution in [0.1, 0.15) is 26.3 Å². The highest BCUT2D eigenvalue weighted by Crippen LogP contribution is 2.22. The van der Waals surface area contributed by atoms with Gasteiger partial charge in [0.2, 0.25) is 0 Å². The number of hydrogen-bond acceptors (Lipinski definition) is 2. The Balaban J connectivity index is 2.26. The monoisotopic (exact) mass is 323 g/mol. The standard InChI is InChI=1S/C15H11Cl2NO3/c1-8-2-3-9(16)6-12(8)14(19)18-10-4-5-11(15(20)21)13(17)7-10/h2-7H,1H3,(H,18,19)(H,20,21). The first-order chi connectivity index (χ1) is 9.88. The molecule has 0 aliphatic rings. The van der Waals surface area contributed by atoms with Gasteiger partial charge in [0, 0.05) is 16.3 Å². The van der Waals surface area contributed by atoms with Crippen LogP contribution in [0.4, 0.5) is 5.69 Å². The Morgan fingerprint density at radius 2 is 1.76 bits per heavy atom. The number of carbonyl (C=O) groups is 2. The van der Waals surface area contributed by atoms with E-state index in [1.807, 2.05) is 0 Å². The third-order valence-corrected chi connectivity index (χ3v) is 3.45. The quantitative estimate of drug-likeness (QED) is 0.887. The largest absolute Gasteiger partial charge is 0.478 e. The van der Waals surface area contributed by atoms with Gasteiger partial charge in [-0.3, -0.25) is 4.79 Å². The van der Waals surface area contributed by atoms with Crippen molar-refractivity contribution in [2.75, 3.05) is 5.32 Å². The Morgan fingerprint density at radius 1 is 1.05 bits per heavy atom. The topological polar surface area (TPSA) is 66.4 Å². The number of carboxylic acids is 1. The fraction of sp³-hybridized carbons (Fsp3) is 0.0667. The van der Waals surface area contributed by atoms with Gasteiger partial charge >= 0.3 is 5.97 Å². The summed E-state index contributed by atoms with van der Waals surface area (Å²) in [6.45, 7) is 1.80. The normalized spacial score (nSPS) is 10.2. The Kier molecular flexibility index (Phi) is 4.50. The molecule has 0 radical (unpaired) electrons. The SMILES string of the molecule is Cc1ccc(Cl)cc1C(=O)Nc1ccc(C(=O)O)c(Cl)c1. The lowest BCUT2D eigenvalue weighted by Gasteiger charge is -2.09. The molecule has 4 nitrogen and oxygen atoms in total. The Labute approximate surface area is 131 Å². The Hall–Kier alpha value is -2.04. The number of hydrogen-bond donors (Lipinski definition) is 2. The zero-order valence-corrected chi connectivity index (χ0v) is 12.5. The first-order valence-electron chi connectivity index (χ1n) is 5.99. The molecule has 0 saturated heterocycles. The molecule has 0 aliphatic carbocycles.